The summed E-state index contributed by atoms with van der Waals surface area (Å²) in [5, 5.41) is 6.51. The number of methoxy groups -OCH3 is 1. The highest BCUT2D eigenvalue weighted by Crippen LogP contribution is 2.25. The molecule has 2 N–H and O–H groups in total. The Hall–Kier alpha value is -1.66. The van der Waals surface area contributed by atoms with Gasteiger partial charge in [0.05, 0.1) is 6.61 Å². The van der Waals surface area contributed by atoms with Crippen LogP contribution < -0.4 is 10.6 Å². The average Bonchev–Trinajstić information content (AvgIpc) is 3.38. The molecule has 0 saturated heterocycles. The fraction of sp³-hybridized carbons (Fsp3) is 0.588. The molecule has 0 heterocycles. The van der Waals surface area contributed by atoms with Gasteiger partial charge in [-0.1, -0.05) is 12.1 Å². The summed E-state index contributed by atoms with van der Waals surface area (Å²) >= 11 is 0. The van der Waals surface area contributed by atoms with Crippen LogP contribution in [0, 0.1) is 5.82 Å². The normalized spacial score (nSPS) is 15.0. The van der Waals surface area contributed by atoms with E-state index in [0.29, 0.717) is 12.6 Å². The maximum Gasteiger partial charge on any atom is 0.191 e. The van der Waals surface area contributed by atoms with Gasteiger partial charge in [-0.15, -0.1) is 0 Å². The van der Waals surface area contributed by atoms with E-state index >= 15 is 0 Å². The van der Waals surface area contributed by atoms with Crippen molar-refractivity contribution in [2.75, 3.05) is 40.4 Å². The second kappa shape index (κ2) is 9.47. The van der Waals surface area contributed by atoms with Crippen molar-refractivity contribution in [1.29, 1.82) is 0 Å². The summed E-state index contributed by atoms with van der Waals surface area (Å²) in [7, 11) is 3.48. The second-order valence-corrected chi connectivity index (χ2v) is 5.74. The number of nitrogens with one attached hydrogen (secondary N) is 2. The van der Waals surface area contributed by atoms with Crippen molar-refractivity contribution in [1.82, 2.24) is 15.5 Å². The van der Waals surface area contributed by atoms with E-state index in [1.165, 1.54) is 25.0 Å². The highest BCUT2D eigenvalue weighted by atomic mass is 19.1. The number of benzene rings is 1. The molecule has 5 nitrogen and oxygen atoms in total. The molecule has 6 heteroatoms. The van der Waals surface area contributed by atoms with Crippen LogP contribution in [0.3, 0.4) is 0 Å². The molecule has 0 amide bonds. The van der Waals surface area contributed by atoms with Crippen LogP contribution in [0.2, 0.25) is 0 Å². The molecule has 23 heavy (non-hydrogen) atoms. The number of hydrogen-bond acceptors (Lipinski definition) is 3. The van der Waals surface area contributed by atoms with E-state index < -0.39 is 0 Å². The van der Waals surface area contributed by atoms with Gasteiger partial charge in [0.25, 0.3) is 0 Å². The van der Waals surface area contributed by atoms with Crippen LogP contribution in [0.4, 0.5) is 4.39 Å². The zero-order valence-electron chi connectivity index (χ0n) is 14.0. The Balaban J connectivity index is 1.70. The molecule has 1 aliphatic carbocycles. The first-order valence-electron chi connectivity index (χ1n) is 8.15. The van der Waals surface area contributed by atoms with E-state index in [0.717, 1.165) is 37.8 Å². The summed E-state index contributed by atoms with van der Waals surface area (Å²) in [4.78, 5) is 6.66. The molecule has 1 aliphatic rings. The molecule has 128 valence electrons. The van der Waals surface area contributed by atoms with Gasteiger partial charge in [-0.05, 0) is 30.5 Å². The number of ether oxygens (including phenoxy) is 1. The van der Waals surface area contributed by atoms with E-state index in [-0.39, 0.29) is 5.82 Å². The monoisotopic (exact) mass is 322 g/mol. The Labute approximate surface area is 137 Å². The van der Waals surface area contributed by atoms with Gasteiger partial charge in [-0.25, -0.2) is 4.39 Å². The third-order valence-corrected chi connectivity index (χ3v) is 3.91. The molecular formula is C17H27FN4O. The summed E-state index contributed by atoms with van der Waals surface area (Å²) < 4.78 is 18.3. The van der Waals surface area contributed by atoms with Gasteiger partial charge in [-0.3, -0.25) is 9.89 Å². The van der Waals surface area contributed by atoms with Crippen LogP contribution in [-0.4, -0.2) is 57.3 Å². The van der Waals surface area contributed by atoms with E-state index in [2.05, 4.69) is 20.5 Å². The highest BCUT2D eigenvalue weighted by Gasteiger charge is 2.28. The molecule has 1 aromatic carbocycles. The van der Waals surface area contributed by atoms with Crippen LogP contribution in [0.25, 0.3) is 0 Å². The molecule has 0 atom stereocenters. The summed E-state index contributed by atoms with van der Waals surface area (Å²) in [6.45, 7) is 4.08. The van der Waals surface area contributed by atoms with Gasteiger partial charge in [-0.2, -0.15) is 0 Å². The molecule has 0 radical (unpaired) electrons. The lowest BCUT2D eigenvalue weighted by Gasteiger charge is -2.22. The number of nitrogens with zero attached hydrogens (tertiary/aromatic N) is 2. The molecule has 2 rings (SSSR count). The first kappa shape index (κ1) is 17.7. The minimum absolute atomic E-state index is 0.217. The maximum atomic E-state index is 13.2. The van der Waals surface area contributed by atoms with Gasteiger partial charge in [0.15, 0.2) is 5.96 Å². The Morgan fingerprint density at radius 2 is 2.17 bits per heavy atom. The number of rotatable bonds is 9. The van der Waals surface area contributed by atoms with Crippen molar-refractivity contribution in [3.05, 3.63) is 35.6 Å². The quantitative estimate of drug-likeness (QED) is 0.536. The predicted molar refractivity (Wildman–Crippen MR) is 91.1 cm³/mol. The smallest absolute Gasteiger partial charge is 0.191 e. The SMILES string of the molecule is CN=C(NCCN(CCOC)C1CC1)NCc1cccc(F)c1. The minimum atomic E-state index is -0.217. The van der Waals surface area contributed by atoms with Crippen molar-refractivity contribution in [3.8, 4) is 0 Å². The van der Waals surface area contributed by atoms with Gasteiger partial charge in [0.2, 0.25) is 0 Å². The molecule has 0 unspecified atom stereocenters. The molecular weight excluding hydrogens is 295 g/mol. The maximum absolute atomic E-state index is 13.2. The molecule has 0 bridgehead atoms. The molecule has 1 saturated carbocycles. The number of aliphatic imine (C=N–C) groups is 1. The van der Waals surface area contributed by atoms with E-state index in [9.17, 15) is 4.39 Å². The Bertz CT molecular complexity index is 505. The zero-order chi connectivity index (χ0) is 16.5. The molecule has 0 aliphatic heterocycles. The Morgan fingerprint density at radius 1 is 1.35 bits per heavy atom. The van der Waals surface area contributed by atoms with E-state index in [1.54, 1.807) is 20.2 Å². The van der Waals surface area contributed by atoms with Gasteiger partial charge >= 0.3 is 0 Å². The van der Waals surface area contributed by atoms with E-state index in [1.807, 2.05) is 6.07 Å². The zero-order valence-corrected chi connectivity index (χ0v) is 14.0. The lowest BCUT2D eigenvalue weighted by molar-refractivity contribution is 0.144. The number of guanidine groups is 1. The van der Waals surface area contributed by atoms with Gasteiger partial charge < -0.3 is 15.4 Å². The number of halogens is 1. The summed E-state index contributed by atoms with van der Waals surface area (Å²) in [6.07, 6.45) is 2.58. The van der Waals surface area contributed by atoms with Crippen LogP contribution in [-0.2, 0) is 11.3 Å². The summed E-state index contributed by atoms with van der Waals surface area (Å²) in [5.41, 5.74) is 0.896. The predicted octanol–water partition coefficient (Wildman–Crippen LogP) is 1.60. The van der Waals surface area contributed by atoms with Crippen molar-refractivity contribution in [2.45, 2.75) is 25.4 Å². The van der Waals surface area contributed by atoms with Crippen LogP contribution in [0.15, 0.2) is 29.3 Å². The first-order chi connectivity index (χ1) is 11.2. The van der Waals surface area contributed by atoms with Crippen molar-refractivity contribution < 1.29 is 9.13 Å². The molecule has 1 aromatic rings. The Kier molecular flexibility index (Phi) is 7.29. The molecule has 1 fully saturated rings. The minimum Gasteiger partial charge on any atom is -0.383 e. The molecule has 0 spiro atoms. The average molecular weight is 322 g/mol. The van der Waals surface area contributed by atoms with Gasteiger partial charge in [0, 0.05) is 46.4 Å². The lowest BCUT2D eigenvalue weighted by Crippen LogP contribution is -2.42. The summed E-state index contributed by atoms with van der Waals surface area (Å²) in [6, 6.07) is 7.30. The second-order valence-electron chi connectivity index (χ2n) is 5.74. The first-order valence-corrected chi connectivity index (χ1v) is 8.15. The van der Waals surface area contributed by atoms with Crippen LogP contribution in [0.1, 0.15) is 18.4 Å². The largest absolute Gasteiger partial charge is 0.383 e. The third-order valence-electron chi connectivity index (χ3n) is 3.91. The van der Waals surface area contributed by atoms with Crippen LogP contribution in [0.5, 0.6) is 0 Å². The standard InChI is InChI=1S/C17H27FN4O/c1-19-17(21-13-14-4-3-5-15(18)12-14)20-8-9-22(10-11-23-2)16-6-7-16/h3-5,12,16H,6-11,13H2,1-2H3,(H2,19,20,21). The number of hydrogen-bond donors (Lipinski definition) is 2. The lowest BCUT2D eigenvalue weighted by atomic mass is 10.2. The van der Waals surface area contributed by atoms with E-state index in [4.69, 9.17) is 4.74 Å². The summed E-state index contributed by atoms with van der Waals surface area (Å²) in [5.74, 6) is 0.516. The molecule has 0 aromatic heterocycles. The van der Waals surface area contributed by atoms with Gasteiger partial charge in [0.1, 0.15) is 5.82 Å². The third kappa shape index (κ3) is 6.54. The van der Waals surface area contributed by atoms with Crippen molar-refractivity contribution >= 4 is 5.96 Å². The Morgan fingerprint density at radius 3 is 2.83 bits per heavy atom. The van der Waals surface area contributed by atoms with Crippen LogP contribution >= 0.6 is 0 Å². The fourth-order valence-corrected chi connectivity index (χ4v) is 2.50. The van der Waals surface area contributed by atoms with Crippen molar-refractivity contribution in [2.24, 2.45) is 4.99 Å². The fourth-order valence-electron chi connectivity index (χ4n) is 2.50. The van der Waals surface area contributed by atoms with Crippen molar-refractivity contribution in [3.63, 3.8) is 0 Å². The topological polar surface area (TPSA) is 48.9 Å². The highest BCUT2D eigenvalue weighted by molar-refractivity contribution is 5.79.